The lowest BCUT2D eigenvalue weighted by Crippen LogP contribution is -2.53. The number of carbonyl (C=O) groups is 1. The molecule has 0 aromatic heterocycles. The van der Waals surface area contributed by atoms with E-state index in [0.29, 0.717) is 26.1 Å². The Bertz CT molecular complexity index is 914. The molecule has 148 valence electrons. The minimum Gasteiger partial charge on any atom is -0.377 e. The van der Waals surface area contributed by atoms with Crippen LogP contribution in [0.25, 0.3) is 0 Å². The van der Waals surface area contributed by atoms with Crippen molar-refractivity contribution in [2.75, 3.05) is 19.8 Å². The normalized spacial score (nSPS) is 23.7. The molecule has 2 fully saturated rings. The van der Waals surface area contributed by atoms with Crippen molar-refractivity contribution in [1.82, 2.24) is 9.62 Å². The Morgan fingerprint density at radius 2 is 1.61 bits per heavy atom. The summed E-state index contributed by atoms with van der Waals surface area (Å²) in [6, 6.07) is 17.8. The monoisotopic (exact) mass is 400 g/mol. The van der Waals surface area contributed by atoms with Crippen LogP contribution in [-0.4, -0.2) is 44.4 Å². The predicted octanol–water partition coefficient (Wildman–Crippen LogP) is 2.34. The van der Waals surface area contributed by atoms with Crippen molar-refractivity contribution in [1.29, 1.82) is 0 Å². The first-order valence-corrected chi connectivity index (χ1v) is 11.0. The average Bonchev–Trinajstić information content (AvgIpc) is 2.71. The van der Waals surface area contributed by atoms with Crippen LogP contribution in [-0.2, 0) is 19.6 Å². The zero-order valence-electron chi connectivity index (χ0n) is 15.5. The van der Waals surface area contributed by atoms with E-state index in [1.165, 1.54) is 4.31 Å². The Kier molecular flexibility index (Phi) is 5.48. The summed E-state index contributed by atoms with van der Waals surface area (Å²) in [5.74, 6) is -0.452. The maximum absolute atomic E-state index is 13.4. The summed E-state index contributed by atoms with van der Waals surface area (Å²) in [7, 11) is -3.72. The van der Waals surface area contributed by atoms with E-state index >= 15 is 0 Å². The maximum Gasteiger partial charge on any atom is 0.243 e. The molecule has 28 heavy (non-hydrogen) atoms. The minimum atomic E-state index is -3.72. The zero-order valence-corrected chi connectivity index (χ0v) is 16.3. The number of hydrogen-bond acceptors (Lipinski definition) is 4. The highest BCUT2D eigenvalue weighted by Gasteiger charge is 2.40. The van der Waals surface area contributed by atoms with Crippen LogP contribution >= 0.6 is 0 Å². The Hall–Kier alpha value is -2.22. The first-order valence-electron chi connectivity index (χ1n) is 9.55. The van der Waals surface area contributed by atoms with Crippen LogP contribution in [0.5, 0.6) is 0 Å². The Labute approximate surface area is 165 Å². The number of amides is 1. The highest BCUT2D eigenvalue weighted by atomic mass is 32.2. The molecule has 2 heterocycles. The topological polar surface area (TPSA) is 75.7 Å². The van der Waals surface area contributed by atoms with E-state index in [1.54, 1.807) is 30.3 Å². The van der Waals surface area contributed by atoms with Gasteiger partial charge >= 0.3 is 0 Å². The van der Waals surface area contributed by atoms with E-state index in [9.17, 15) is 13.2 Å². The predicted molar refractivity (Wildman–Crippen MR) is 105 cm³/mol. The Balaban J connectivity index is 1.62. The molecule has 6 nitrogen and oxygen atoms in total. The third kappa shape index (κ3) is 3.83. The Morgan fingerprint density at radius 3 is 2.21 bits per heavy atom. The highest BCUT2D eigenvalue weighted by Crippen LogP contribution is 2.37. The van der Waals surface area contributed by atoms with E-state index < -0.39 is 10.0 Å². The fraction of sp³-hybridized carbons (Fsp3) is 0.381. The van der Waals surface area contributed by atoms with E-state index in [1.807, 2.05) is 30.3 Å². The lowest BCUT2D eigenvalue weighted by molar-refractivity contribution is -0.130. The molecule has 0 spiro atoms. The largest absolute Gasteiger partial charge is 0.377 e. The van der Waals surface area contributed by atoms with Crippen molar-refractivity contribution in [2.24, 2.45) is 5.92 Å². The molecule has 2 atom stereocenters. The van der Waals surface area contributed by atoms with Crippen LogP contribution in [0, 0.1) is 5.92 Å². The lowest BCUT2D eigenvalue weighted by atomic mass is 9.90. The Morgan fingerprint density at radius 1 is 0.964 bits per heavy atom. The molecule has 0 saturated carbocycles. The summed E-state index contributed by atoms with van der Waals surface area (Å²) in [5.41, 5.74) is 0.952. The third-order valence-corrected chi connectivity index (χ3v) is 7.31. The highest BCUT2D eigenvalue weighted by molar-refractivity contribution is 7.89. The van der Waals surface area contributed by atoms with Crippen molar-refractivity contribution in [3.8, 4) is 0 Å². The molecule has 2 saturated heterocycles. The van der Waals surface area contributed by atoms with Crippen LogP contribution in [0.2, 0.25) is 0 Å². The summed E-state index contributed by atoms with van der Waals surface area (Å²) < 4.78 is 33.4. The van der Waals surface area contributed by atoms with E-state index in [-0.39, 0.29) is 35.3 Å². The van der Waals surface area contributed by atoms with Crippen LogP contribution in [0.3, 0.4) is 0 Å². The van der Waals surface area contributed by atoms with Crippen LogP contribution < -0.4 is 5.32 Å². The fourth-order valence-electron chi connectivity index (χ4n) is 3.79. The van der Waals surface area contributed by atoms with Gasteiger partial charge < -0.3 is 10.1 Å². The standard InChI is InChI=1S/C21H24N2O4S/c24-21(22-18-14-27-15-18)17-11-12-20(16-7-3-1-4-8-16)23(13-17)28(25,26)19-9-5-2-6-10-19/h1-10,17-18,20H,11-15H2,(H,22,24)/t17-,20-/m1/s1. The number of ether oxygens (including phenoxy) is 1. The fourth-order valence-corrected chi connectivity index (χ4v) is 5.50. The molecule has 0 unspecified atom stereocenters. The first-order chi connectivity index (χ1) is 13.6. The summed E-state index contributed by atoms with van der Waals surface area (Å²) in [5, 5.41) is 2.97. The van der Waals surface area contributed by atoms with Gasteiger partial charge in [0.1, 0.15) is 0 Å². The lowest BCUT2D eigenvalue weighted by Gasteiger charge is -2.39. The second-order valence-electron chi connectivity index (χ2n) is 7.33. The zero-order chi connectivity index (χ0) is 19.6. The number of carbonyl (C=O) groups excluding carboxylic acids is 1. The van der Waals surface area contributed by atoms with Gasteiger partial charge in [-0.05, 0) is 30.5 Å². The van der Waals surface area contributed by atoms with Crippen molar-refractivity contribution in [2.45, 2.75) is 29.8 Å². The summed E-state index contributed by atoms with van der Waals surface area (Å²) in [6.45, 7) is 1.23. The molecule has 0 bridgehead atoms. The molecule has 4 rings (SSSR count). The summed E-state index contributed by atoms with van der Waals surface area (Å²) >= 11 is 0. The second-order valence-corrected chi connectivity index (χ2v) is 9.22. The van der Waals surface area contributed by atoms with Crippen molar-refractivity contribution >= 4 is 15.9 Å². The van der Waals surface area contributed by atoms with Gasteiger partial charge in [0.25, 0.3) is 0 Å². The minimum absolute atomic E-state index is 0.0403. The number of piperidine rings is 1. The van der Waals surface area contributed by atoms with Crippen LogP contribution in [0.15, 0.2) is 65.6 Å². The average molecular weight is 401 g/mol. The summed E-state index contributed by atoms with van der Waals surface area (Å²) in [6.07, 6.45) is 1.26. The van der Waals surface area contributed by atoms with Gasteiger partial charge in [-0.3, -0.25) is 4.79 Å². The van der Waals surface area contributed by atoms with Crippen LogP contribution in [0.1, 0.15) is 24.4 Å². The number of benzene rings is 2. The van der Waals surface area contributed by atoms with Gasteiger partial charge in [0, 0.05) is 6.54 Å². The smallest absolute Gasteiger partial charge is 0.243 e. The molecular weight excluding hydrogens is 376 g/mol. The number of nitrogens with one attached hydrogen (secondary N) is 1. The third-order valence-electron chi connectivity index (χ3n) is 5.43. The van der Waals surface area contributed by atoms with Gasteiger partial charge in [-0.25, -0.2) is 8.42 Å². The second kappa shape index (κ2) is 8.03. The van der Waals surface area contributed by atoms with Gasteiger partial charge in [0.15, 0.2) is 0 Å². The SMILES string of the molecule is O=C(NC1COC1)[C@@H]1CC[C@H](c2ccccc2)N(S(=O)(=O)c2ccccc2)C1. The number of rotatable bonds is 5. The summed E-state index contributed by atoms with van der Waals surface area (Å²) in [4.78, 5) is 12.9. The molecule has 7 heteroatoms. The van der Waals surface area contributed by atoms with Crippen molar-refractivity contribution in [3.05, 3.63) is 66.2 Å². The molecule has 2 aliphatic heterocycles. The first kappa shape index (κ1) is 19.1. The van der Waals surface area contributed by atoms with E-state index in [0.717, 1.165) is 5.56 Å². The van der Waals surface area contributed by atoms with Crippen molar-refractivity contribution < 1.29 is 17.9 Å². The van der Waals surface area contributed by atoms with Gasteiger partial charge in [0.2, 0.25) is 15.9 Å². The molecule has 1 amide bonds. The quantitative estimate of drug-likeness (QED) is 0.836. The van der Waals surface area contributed by atoms with Gasteiger partial charge in [-0.15, -0.1) is 0 Å². The van der Waals surface area contributed by atoms with Gasteiger partial charge in [-0.1, -0.05) is 48.5 Å². The number of hydrogen-bond donors (Lipinski definition) is 1. The molecule has 2 aromatic rings. The molecule has 2 aliphatic rings. The number of nitrogens with zero attached hydrogens (tertiary/aromatic N) is 1. The van der Waals surface area contributed by atoms with E-state index in [4.69, 9.17) is 4.74 Å². The van der Waals surface area contributed by atoms with E-state index in [2.05, 4.69) is 5.32 Å². The van der Waals surface area contributed by atoms with Crippen LogP contribution in [0.4, 0.5) is 0 Å². The van der Waals surface area contributed by atoms with Gasteiger partial charge in [0.05, 0.1) is 36.1 Å². The molecule has 0 radical (unpaired) electrons. The maximum atomic E-state index is 13.4. The molecular formula is C21H24N2O4S. The van der Waals surface area contributed by atoms with Crippen molar-refractivity contribution in [3.63, 3.8) is 0 Å². The molecule has 1 N–H and O–H groups in total. The number of sulfonamides is 1. The molecule has 2 aromatic carbocycles. The molecule has 0 aliphatic carbocycles. The van der Waals surface area contributed by atoms with Gasteiger partial charge in [-0.2, -0.15) is 4.31 Å².